The van der Waals surface area contributed by atoms with Crippen LogP contribution in [0.2, 0.25) is 5.02 Å². The Labute approximate surface area is 183 Å². The third-order valence-corrected chi connectivity index (χ3v) is 5.09. The van der Waals surface area contributed by atoms with Crippen LogP contribution < -0.4 is 4.74 Å². The minimum absolute atomic E-state index is 0.0601. The molecule has 0 spiro atoms. The smallest absolute Gasteiger partial charge is 0.336 e. The molecule has 6 heteroatoms. The van der Waals surface area contributed by atoms with E-state index in [1.165, 1.54) is 12.1 Å². The van der Waals surface area contributed by atoms with Crippen LogP contribution in [0.15, 0.2) is 78.9 Å². The lowest BCUT2D eigenvalue weighted by atomic mass is 9.98. The van der Waals surface area contributed by atoms with Crippen LogP contribution >= 0.6 is 11.6 Å². The normalized spacial score (nSPS) is 10.7. The van der Waals surface area contributed by atoms with E-state index in [-0.39, 0.29) is 29.9 Å². The molecule has 5 nitrogen and oxygen atoms in total. The Morgan fingerprint density at radius 3 is 2.45 bits per heavy atom. The van der Waals surface area contributed by atoms with Gasteiger partial charge in [0, 0.05) is 22.4 Å². The van der Waals surface area contributed by atoms with Gasteiger partial charge in [-0.15, -0.1) is 0 Å². The first kappa shape index (κ1) is 20.6. The molecule has 0 bridgehead atoms. The largest absolute Gasteiger partial charge is 0.487 e. The van der Waals surface area contributed by atoms with Crippen molar-refractivity contribution in [1.82, 2.24) is 4.98 Å². The molecule has 0 radical (unpaired) electrons. The predicted octanol–water partition coefficient (Wildman–Crippen LogP) is 5.59. The highest BCUT2D eigenvalue weighted by atomic mass is 35.5. The maximum Gasteiger partial charge on any atom is 0.336 e. The van der Waals surface area contributed by atoms with E-state index in [4.69, 9.17) is 16.3 Å². The number of ketones is 1. The zero-order valence-corrected chi connectivity index (χ0v) is 17.2. The van der Waals surface area contributed by atoms with Crippen molar-refractivity contribution in [2.45, 2.75) is 13.0 Å². The van der Waals surface area contributed by atoms with E-state index < -0.39 is 5.97 Å². The van der Waals surface area contributed by atoms with Crippen LogP contribution in [-0.2, 0) is 13.0 Å². The van der Waals surface area contributed by atoms with E-state index in [1.54, 1.807) is 30.3 Å². The third kappa shape index (κ3) is 4.90. The Kier molecular flexibility index (Phi) is 5.96. The number of Topliss-reactive ketones (excluding diaryl/α,β-unsaturated/α-hetero) is 1. The summed E-state index contributed by atoms with van der Waals surface area (Å²) in [4.78, 5) is 29.0. The quantitative estimate of drug-likeness (QED) is 0.386. The van der Waals surface area contributed by atoms with Crippen molar-refractivity contribution >= 4 is 34.3 Å². The molecule has 0 saturated heterocycles. The van der Waals surface area contributed by atoms with Gasteiger partial charge in [-0.1, -0.05) is 48.0 Å². The zero-order valence-electron chi connectivity index (χ0n) is 16.4. The summed E-state index contributed by atoms with van der Waals surface area (Å²) in [5.74, 6) is -1.07. The van der Waals surface area contributed by atoms with Gasteiger partial charge in [0.25, 0.3) is 0 Å². The number of aromatic nitrogens is 1. The van der Waals surface area contributed by atoms with E-state index in [2.05, 4.69) is 4.98 Å². The van der Waals surface area contributed by atoms with Gasteiger partial charge >= 0.3 is 5.97 Å². The number of hydrogen-bond acceptors (Lipinski definition) is 4. The number of fused-ring (bicyclic) bond motifs is 1. The van der Waals surface area contributed by atoms with Crippen molar-refractivity contribution in [1.29, 1.82) is 0 Å². The Hall–Kier alpha value is -3.70. The summed E-state index contributed by atoms with van der Waals surface area (Å²) in [6, 6.07) is 22.9. The number of halogens is 1. The first-order valence-electron chi connectivity index (χ1n) is 9.62. The summed E-state index contributed by atoms with van der Waals surface area (Å²) in [6.45, 7) is 0.196. The lowest BCUT2D eigenvalue weighted by molar-refractivity contribution is 0.0692. The molecule has 4 rings (SSSR count). The van der Waals surface area contributed by atoms with Gasteiger partial charge < -0.3 is 9.84 Å². The number of rotatable bonds is 7. The van der Waals surface area contributed by atoms with Gasteiger partial charge in [0.05, 0.1) is 16.8 Å². The maximum absolute atomic E-state index is 12.8. The van der Waals surface area contributed by atoms with Crippen LogP contribution in [0.25, 0.3) is 10.9 Å². The molecule has 0 fully saturated rings. The van der Waals surface area contributed by atoms with Crippen molar-refractivity contribution in [2.24, 2.45) is 0 Å². The van der Waals surface area contributed by atoms with Crippen LogP contribution in [-0.4, -0.2) is 21.8 Å². The van der Waals surface area contributed by atoms with Crippen LogP contribution in [0.1, 0.15) is 32.0 Å². The van der Waals surface area contributed by atoms with Gasteiger partial charge in [-0.2, -0.15) is 0 Å². The Balaban J connectivity index is 1.54. The third-order valence-electron chi connectivity index (χ3n) is 4.84. The van der Waals surface area contributed by atoms with Gasteiger partial charge in [0.2, 0.25) is 0 Å². The molecule has 0 unspecified atom stereocenters. The molecule has 0 aliphatic carbocycles. The van der Waals surface area contributed by atoms with Crippen molar-refractivity contribution in [2.75, 3.05) is 0 Å². The number of para-hydroxylation sites is 1. The van der Waals surface area contributed by atoms with Crippen molar-refractivity contribution in [3.05, 3.63) is 106 Å². The van der Waals surface area contributed by atoms with E-state index in [1.807, 2.05) is 36.4 Å². The topological polar surface area (TPSA) is 76.5 Å². The van der Waals surface area contributed by atoms with Gasteiger partial charge in [-0.05, 0) is 48.0 Å². The molecule has 154 valence electrons. The van der Waals surface area contributed by atoms with Crippen molar-refractivity contribution in [3.8, 4) is 5.75 Å². The fourth-order valence-corrected chi connectivity index (χ4v) is 3.39. The highest BCUT2D eigenvalue weighted by Gasteiger charge is 2.18. The van der Waals surface area contributed by atoms with Gasteiger partial charge in [0.1, 0.15) is 12.4 Å². The first-order valence-corrected chi connectivity index (χ1v) is 10.00. The minimum Gasteiger partial charge on any atom is -0.487 e. The second kappa shape index (κ2) is 8.98. The molecule has 3 aromatic carbocycles. The van der Waals surface area contributed by atoms with Crippen LogP contribution in [0, 0.1) is 0 Å². The molecule has 0 amide bonds. The average Bonchev–Trinajstić information content (AvgIpc) is 2.78. The van der Waals surface area contributed by atoms with Crippen LogP contribution in [0.3, 0.4) is 0 Å². The molecule has 1 aromatic heterocycles. The molecular weight excluding hydrogens is 414 g/mol. The van der Waals surface area contributed by atoms with E-state index in [9.17, 15) is 14.7 Å². The van der Waals surface area contributed by atoms with E-state index in [0.717, 1.165) is 22.2 Å². The van der Waals surface area contributed by atoms with Crippen LogP contribution in [0.4, 0.5) is 0 Å². The fraction of sp³-hybridized carbons (Fsp3) is 0.0800. The number of ether oxygens (including phenoxy) is 1. The van der Waals surface area contributed by atoms with Gasteiger partial charge in [0.15, 0.2) is 5.78 Å². The lowest BCUT2D eigenvalue weighted by Crippen LogP contribution is -2.11. The maximum atomic E-state index is 12.8. The number of carboxylic acid groups (broad SMARTS) is 1. The number of carbonyl (C=O) groups is 2. The Bertz CT molecular complexity index is 1270. The highest BCUT2D eigenvalue weighted by molar-refractivity contribution is 6.30. The van der Waals surface area contributed by atoms with Gasteiger partial charge in [-0.25, -0.2) is 9.78 Å². The number of pyridine rings is 1. The highest BCUT2D eigenvalue weighted by Crippen LogP contribution is 2.22. The van der Waals surface area contributed by atoms with Crippen LogP contribution in [0.5, 0.6) is 5.75 Å². The van der Waals surface area contributed by atoms with E-state index in [0.29, 0.717) is 10.8 Å². The minimum atomic E-state index is -1.16. The van der Waals surface area contributed by atoms with Crippen molar-refractivity contribution < 1.29 is 19.4 Å². The molecule has 0 atom stereocenters. The molecular formula is C25H18ClNO4. The number of benzene rings is 3. The monoisotopic (exact) mass is 431 g/mol. The SMILES string of the molecule is O=C(O)c1ccc(OCc2ccc3ccccc3n2)cc1C(=O)Cc1ccc(Cl)cc1. The summed E-state index contributed by atoms with van der Waals surface area (Å²) < 4.78 is 5.81. The molecule has 31 heavy (non-hydrogen) atoms. The number of carbonyl (C=O) groups excluding carboxylic acids is 1. The molecule has 0 saturated carbocycles. The number of aromatic carboxylic acids is 1. The number of carboxylic acids is 1. The summed E-state index contributed by atoms with van der Waals surface area (Å²) in [5, 5.41) is 11.1. The van der Waals surface area contributed by atoms with Gasteiger partial charge in [-0.3, -0.25) is 4.79 Å². The average molecular weight is 432 g/mol. The number of nitrogens with zero attached hydrogens (tertiary/aromatic N) is 1. The predicted molar refractivity (Wildman–Crippen MR) is 119 cm³/mol. The van der Waals surface area contributed by atoms with Crippen molar-refractivity contribution in [3.63, 3.8) is 0 Å². The first-order chi connectivity index (χ1) is 15.0. The Morgan fingerprint density at radius 2 is 1.68 bits per heavy atom. The fourth-order valence-electron chi connectivity index (χ4n) is 3.26. The Morgan fingerprint density at radius 1 is 0.903 bits per heavy atom. The number of hydrogen-bond donors (Lipinski definition) is 1. The summed E-state index contributed by atoms with van der Waals surface area (Å²) >= 11 is 5.89. The molecule has 4 aromatic rings. The second-order valence-electron chi connectivity index (χ2n) is 7.02. The summed E-state index contributed by atoms with van der Waals surface area (Å²) in [5.41, 5.74) is 2.39. The summed E-state index contributed by atoms with van der Waals surface area (Å²) in [6.07, 6.45) is 0.0626. The molecule has 1 heterocycles. The standard InChI is InChI=1S/C25H18ClNO4/c26-18-8-5-16(6-9-18)13-24(28)22-14-20(11-12-21(22)25(29)30)31-15-19-10-7-17-3-1-2-4-23(17)27-19/h1-12,14H,13,15H2,(H,29,30). The van der Waals surface area contributed by atoms with E-state index >= 15 is 0 Å². The molecule has 1 N–H and O–H groups in total. The second-order valence-corrected chi connectivity index (χ2v) is 7.46. The zero-order chi connectivity index (χ0) is 21.8. The molecule has 0 aliphatic heterocycles. The summed E-state index contributed by atoms with van der Waals surface area (Å²) in [7, 11) is 0. The molecule has 0 aliphatic rings. The lowest BCUT2D eigenvalue weighted by Gasteiger charge is -2.11.